The second-order valence-corrected chi connectivity index (χ2v) is 10.2. The number of thioether (sulfide) groups is 1. The molecule has 2 fully saturated rings. The van der Waals surface area contributed by atoms with E-state index >= 15 is 0 Å². The second kappa shape index (κ2) is 9.43. The first kappa shape index (κ1) is 21.4. The molecular weight excluding hydrogens is 401 g/mol. The first-order valence-electron chi connectivity index (χ1n) is 9.93. The quantitative estimate of drug-likeness (QED) is 0.611. The van der Waals surface area contributed by atoms with Crippen molar-refractivity contribution in [1.29, 1.82) is 0 Å². The molecule has 0 aromatic carbocycles. The average Bonchev–Trinajstić information content (AvgIpc) is 3.10. The molecule has 9 heteroatoms. The zero-order valence-corrected chi connectivity index (χ0v) is 17.8. The Morgan fingerprint density at radius 2 is 1.93 bits per heavy atom. The number of carbonyl (C=O) groups is 2. The number of thiazole rings is 1. The van der Waals surface area contributed by atoms with E-state index in [-0.39, 0.29) is 23.9 Å². The number of hydrogen-bond acceptors (Lipinski definition) is 5. The highest BCUT2D eigenvalue weighted by Gasteiger charge is 2.38. The summed E-state index contributed by atoms with van der Waals surface area (Å²) in [6, 6.07) is 0.0970. The Morgan fingerprint density at radius 1 is 1.29 bits per heavy atom. The van der Waals surface area contributed by atoms with Gasteiger partial charge in [0.05, 0.1) is 16.2 Å². The maximum Gasteiger partial charge on any atom is 0.324 e. The van der Waals surface area contributed by atoms with Gasteiger partial charge in [-0.25, -0.2) is 14.2 Å². The van der Waals surface area contributed by atoms with Crippen LogP contribution in [0.15, 0.2) is 10.4 Å². The van der Waals surface area contributed by atoms with E-state index in [4.69, 9.17) is 5.11 Å². The van der Waals surface area contributed by atoms with Crippen LogP contribution in [0.2, 0.25) is 0 Å². The van der Waals surface area contributed by atoms with Crippen LogP contribution in [-0.2, 0) is 4.79 Å². The molecular formula is C19H28FN3O3S2. The number of carbonyl (C=O) groups excluding carboxylic acids is 1. The van der Waals surface area contributed by atoms with Gasteiger partial charge in [0.2, 0.25) is 0 Å². The fourth-order valence-electron chi connectivity index (χ4n) is 4.14. The Hall–Kier alpha value is -1.35. The third-order valence-corrected chi connectivity index (χ3v) is 7.72. The number of rotatable bonds is 6. The monoisotopic (exact) mass is 429 g/mol. The number of aromatic nitrogens is 1. The molecule has 2 aliphatic rings. The van der Waals surface area contributed by atoms with E-state index in [0.29, 0.717) is 30.8 Å². The Morgan fingerprint density at radius 3 is 2.57 bits per heavy atom. The molecule has 0 atom stereocenters. The summed E-state index contributed by atoms with van der Waals surface area (Å²) >= 11 is 2.47. The Balaban J connectivity index is 1.67. The summed E-state index contributed by atoms with van der Waals surface area (Å²) in [5.41, 5.74) is -1.13. The Bertz CT molecular complexity index is 682. The number of carboxylic acid groups (broad SMARTS) is 1. The molecule has 0 saturated heterocycles. The summed E-state index contributed by atoms with van der Waals surface area (Å²) in [6.07, 6.45) is 9.38. The predicted octanol–water partition coefficient (Wildman–Crippen LogP) is 5.16. The van der Waals surface area contributed by atoms with E-state index in [0.717, 1.165) is 29.9 Å². The van der Waals surface area contributed by atoms with Gasteiger partial charge in [-0.05, 0) is 45.4 Å². The Labute approximate surface area is 173 Å². The van der Waals surface area contributed by atoms with Crippen molar-refractivity contribution in [3.63, 3.8) is 0 Å². The first-order chi connectivity index (χ1) is 13.3. The van der Waals surface area contributed by atoms with Gasteiger partial charge in [0, 0.05) is 12.1 Å². The highest BCUT2D eigenvalue weighted by Crippen LogP contribution is 2.37. The predicted molar refractivity (Wildman–Crippen MR) is 110 cm³/mol. The van der Waals surface area contributed by atoms with Gasteiger partial charge in [0.15, 0.2) is 5.13 Å². The van der Waals surface area contributed by atoms with Crippen molar-refractivity contribution in [2.45, 2.75) is 86.7 Å². The van der Waals surface area contributed by atoms with Crippen LogP contribution in [0.5, 0.6) is 0 Å². The van der Waals surface area contributed by atoms with Crippen molar-refractivity contribution < 1.29 is 19.1 Å². The normalized spacial score (nSPS) is 26.0. The third kappa shape index (κ3) is 5.83. The fourth-order valence-corrected chi connectivity index (χ4v) is 5.73. The standard InChI is InChI=1S/C19H28FN3O3S2/c1-19(20)9-7-14(8-10-19)23(13-5-3-2-4-6-13)18(26)22-17-21-11-16(28-17)27-12-15(24)25/h11,13-14H,2-10,12H2,1H3,(H,24,25)(H,21,22,26). The fraction of sp³-hybridized carbons (Fsp3) is 0.737. The average molecular weight is 430 g/mol. The zero-order chi connectivity index (χ0) is 20.1. The van der Waals surface area contributed by atoms with Crippen molar-refractivity contribution >= 4 is 40.2 Å². The molecule has 0 spiro atoms. The molecule has 0 unspecified atom stereocenters. The first-order valence-corrected chi connectivity index (χ1v) is 11.7. The molecule has 1 aromatic rings. The van der Waals surface area contributed by atoms with Crippen molar-refractivity contribution in [3.05, 3.63) is 6.20 Å². The number of hydrogen-bond donors (Lipinski definition) is 2. The maximum absolute atomic E-state index is 14.3. The van der Waals surface area contributed by atoms with Crippen LogP contribution in [0.1, 0.15) is 64.7 Å². The van der Waals surface area contributed by atoms with Crippen LogP contribution < -0.4 is 5.32 Å². The van der Waals surface area contributed by atoms with Gasteiger partial charge >= 0.3 is 12.0 Å². The molecule has 3 rings (SSSR count). The van der Waals surface area contributed by atoms with Gasteiger partial charge in [-0.15, -0.1) is 11.8 Å². The van der Waals surface area contributed by atoms with Crippen LogP contribution in [0.25, 0.3) is 0 Å². The minimum absolute atomic E-state index is 0.0339. The van der Waals surface area contributed by atoms with Crippen molar-refractivity contribution in [2.75, 3.05) is 11.1 Å². The molecule has 0 bridgehead atoms. The lowest BCUT2D eigenvalue weighted by Gasteiger charge is -2.43. The smallest absolute Gasteiger partial charge is 0.324 e. The van der Waals surface area contributed by atoms with E-state index in [2.05, 4.69) is 10.3 Å². The number of carboxylic acids is 1. The molecule has 2 saturated carbocycles. The lowest BCUT2D eigenvalue weighted by molar-refractivity contribution is -0.133. The van der Waals surface area contributed by atoms with E-state index in [1.54, 1.807) is 13.1 Å². The molecule has 0 radical (unpaired) electrons. The second-order valence-electron chi connectivity index (χ2n) is 7.94. The van der Waals surface area contributed by atoms with Crippen molar-refractivity contribution in [1.82, 2.24) is 9.88 Å². The number of anilines is 1. The number of amides is 2. The number of alkyl halides is 1. The highest BCUT2D eigenvalue weighted by molar-refractivity contribution is 8.01. The molecule has 2 amide bonds. The minimum Gasteiger partial charge on any atom is -0.481 e. The molecule has 6 nitrogen and oxygen atoms in total. The van der Waals surface area contributed by atoms with Gasteiger partial charge in [-0.3, -0.25) is 10.1 Å². The van der Waals surface area contributed by atoms with Crippen LogP contribution in [0.3, 0.4) is 0 Å². The zero-order valence-electron chi connectivity index (χ0n) is 16.2. The number of nitrogens with zero attached hydrogens (tertiary/aromatic N) is 2. The van der Waals surface area contributed by atoms with Crippen molar-refractivity contribution in [2.24, 2.45) is 0 Å². The van der Waals surface area contributed by atoms with E-state index < -0.39 is 11.6 Å². The van der Waals surface area contributed by atoms with E-state index in [1.807, 2.05) is 4.90 Å². The summed E-state index contributed by atoms with van der Waals surface area (Å²) in [4.78, 5) is 30.0. The molecule has 28 heavy (non-hydrogen) atoms. The SMILES string of the molecule is CC1(F)CCC(N(C(=O)Nc2ncc(SCC(=O)O)s2)C2CCCCC2)CC1. The molecule has 2 N–H and O–H groups in total. The van der Waals surface area contributed by atoms with Crippen LogP contribution in [0, 0.1) is 0 Å². The molecule has 2 aliphatic carbocycles. The summed E-state index contributed by atoms with van der Waals surface area (Å²) in [5, 5.41) is 12.2. The lowest BCUT2D eigenvalue weighted by Crippen LogP contribution is -2.52. The Kier molecular flexibility index (Phi) is 7.20. The minimum atomic E-state index is -1.13. The third-order valence-electron chi connectivity index (χ3n) is 5.63. The molecule has 0 aliphatic heterocycles. The summed E-state index contributed by atoms with van der Waals surface area (Å²) in [5.74, 6) is -0.918. The summed E-state index contributed by atoms with van der Waals surface area (Å²) in [7, 11) is 0. The largest absolute Gasteiger partial charge is 0.481 e. The lowest BCUT2D eigenvalue weighted by atomic mass is 9.83. The van der Waals surface area contributed by atoms with Gasteiger partial charge in [0.1, 0.15) is 5.67 Å². The molecule has 1 heterocycles. The van der Waals surface area contributed by atoms with Crippen LogP contribution in [0.4, 0.5) is 14.3 Å². The summed E-state index contributed by atoms with van der Waals surface area (Å²) < 4.78 is 15.0. The number of urea groups is 1. The highest BCUT2D eigenvalue weighted by atomic mass is 32.2. The molecule has 156 valence electrons. The topological polar surface area (TPSA) is 82.5 Å². The number of halogens is 1. The number of aliphatic carboxylic acids is 1. The maximum atomic E-state index is 14.3. The van der Waals surface area contributed by atoms with Gasteiger partial charge in [-0.1, -0.05) is 30.6 Å². The number of nitrogens with one attached hydrogen (secondary N) is 1. The van der Waals surface area contributed by atoms with E-state index in [9.17, 15) is 14.0 Å². The van der Waals surface area contributed by atoms with Gasteiger partial charge < -0.3 is 10.0 Å². The van der Waals surface area contributed by atoms with E-state index in [1.165, 1.54) is 29.5 Å². The van der Waals surface area contributed by atoms with Crippen LogP contribution in [-0.4, -0.2) is 50.5 Å². The van der Waals surface area contributed by atoms with Crippen molar-refractivity contribution in [3.8, 4) is 0 Å². The molecule has 1 aromatic heterocycles. The van der Waals surface area contributed by atoms with Gasteiger partial charge in [0.25, 0.3) is 0 Å². The van der Waals surface area contributed by atoms with Crippen LogP contribution >= 0.6 is 23.1 Å². The van der Waals surface area contributed by atoms with Gasteiger partial charge in [-0.2, -0.15) is 0 Å². The summed E-state index contributed by atoms with van der Waals surface area (Å²) in [6.45, 7) is 1.65.